The predicted octanol–water partition coefficient (Wildman–Crippen LogP) is 3.74. The summed E-state index contributed by atoms with van der Waals surface area (Å²) in [5.74, 6) is -0.0660. The van der Waals surface area contributed by atoms with Crippen molar-refractivity contribution in [3.63, 3.8) is 0 Å². The summed E-state index contributed by atoms with van der Waals surface area (Å²) in [4.78, 5) is 16.3. The second kappa shape index (κ2) is 6.33. The second-order valence-electron chi connectivity index (χ2n) is 4.62. The van der Waals surface area contributed by atoms with Crippen LogP contribution in [0.4, 0.5) is 0 Å². The fourth-order valence-corrected chi connectivity index (χ4v) is 2.59. The van der Waals surface area contributed by atoms with Crippen molar-refractivity contribution in [3.05, 3.63) is 76.6 Å². The lowest BCUT2D eigenvalue weighted by Crippen LogP contribution is -2.22. The fraction of sp³-hybridized carbons (Fsp3) is 0.0588. The van der Waals surface area contributed by atoms with Crippen molar-refractivity contribution in [2.45, 2.75) is 6.54 Å². The quantitative estimate of drug-likeness (QED) is 0.796. The Kier molecular flexibility index (Phi) is 4.07. The molecule has 104 valence electrons. The van der Waals surface area contributed by atoms with E-state index in [0.29, 0.717) is 12.1 Å². The molecule has 1 amide bonds. The first-order valence-electron chi connectivity index (χ1n) is 6.64. The molecule has 0 fully saturated rings. The van der Waals surface area contributed by atoms with Crippen LogP contribution in [-0.4, -0.2) is 10.9 Å². The zero-order valence-electron chi connectivity index (χ0n) is 11.3. The molecule has 3 nitrogen and oxygen atoms in total. The highest BCUT2D eigenvalue weighted by molar-refractivity contribution is 7.07. The number of amides is 1. The molecule has 0 bridgehead atoms. The minimum absolute atomic E-state index is 0.0660. The molecule has 3 rings (SSSR count). The average molecular weight is 294 g/mol. The van der Waals surface area contributed by atoms with Crippen LogP contribution in [0.15, 0.2) is 65.5 Å². The van der Waals surface area contributed by atoms with Crippen molar-refractivity contribution in [2.75, 3.05) is 0 Å². The summed E-state index contributed by atoms with van der Waals surface area (Å²) in [6, 6.07) is 17.4. The number of thiazole rings is 1. The van der Waals surface area contributed by atoms with E-state index in [1.807, 2.05) is 60.0 Å². The van der Waals surface area contributed by atoms with Gasteiger partial charge in [-0.2, -0.15) is 0 Å². The highest BCUT2D eigenvalue weighted by atomic mass is 32.1. The Bertz CT molecular complexity index is 706. The molecule has 0 aliphatic heterocycles. The van der Waals surface area contributed by atoms with Gasteiger partial charge >= 0.3 is 0 Å². The number of nitrogens with one attached hydrogen (secondary N) is 1. The van der Waals surface area contributed by atoms with Crippen LogP contribution in [0.2, 0.25) is 0 Å². The van der Waals surface area contributed by atoms with Crippen molar-refractivity contribution in [1.82, 2.24) is 10.3 Å². The lowest BCUT2D eigenvalue weighted by molar-refractivity contribution is 0.0951. The van der Waals surface area contributed by atoms with E-state index >= 15 is 0 Å². The Morgan fingerprint density at radius 3 is 2.48 bits per heavy atom. The summed E-state index contributed by atoms with van der Waals surface area (Å²) in [6.45, 7) is 0.535. The molecule has 0 aliphatic rings. The SMILES string of the molecule is O=C(NCc1ccccc1)c1ccc(-c2cscn2)cc1. The van der Waals surface area contributed by atoms with Gasteiger partial charge in [-0.05, 0) is 17.7 Å². The normalized spacial score (nSPS) is 10.3. The monoisotopic (exact) mass is 294 g/mol. The minimum Gasteiger partial charge on any atom is -0.348 e. The molecular formula is C17H14N2OS. The first-order valence-corrected chi connectivity index (χ1v) is 7.58. The maximum Gasteiger partial charge on any atom is 0.251 e. The maximum absolute atomic E-state index is 12.1. The largest absolute Gasteiger partial charge is 0.348 e. The number of aromatic nitrogens is 1. The van der Waals surface area contributed by atoms with Gasteiger partial charge in [0.25, 0.3) is 5.91 Å². The van der Waals surface area contributed by atoms with Crippen LogP contribution in [0, 0.1) is 0 Å². The lowest BCUT2D eigenvalue weighted by Gasteiger charge is -2.06. The van der Waals surface area contributed by atoms with E-state index in [1.54, 1.807) is 16.8 Å². The maximum atomic E-state index is 12.1. The van der Waals surface area contributed by atoms with Gasteiger partial charge in [0.1, 0.15) is 0 Å². The third-order valence-electron chi connectivity index (χ3n) is 3.17. The molecule has 1 aromatic heterocycles. The molecule has 0 radical (unpaired) electrons. The summed E-state index contributed by atoms with van der Waals surface area (Å²) in [5.41, 5.74) is 5.51. The van der Waals surface area contributed by atoms with Crippen LogP contribution in [0.3, 0.4) is 0 Å². The topological polar surface area (TPSA) is 42.0 Å². The number of hydrogen-bond acceptors (Lipinski definition) is 3. The van der Waals surface area contributed by atoms with E-state index in [2.05, 4.69) is 10.3 Å². The molecule has 0 unspecified atom stereocenters. The van der Waals surface area contributed by atoms with Gasteiger partial charge in [0.15, 0.2) is 0 Å². The van der Waals surface area contributed by atoms with Crippen LogP contribution in [0.1, 0.15) is 15.9 Å². The lowest BCUT2D eigenvalue weighted by atomic mass is 10.1. The molecule has 0 saturated carbocycles. The van der Waals surface area contributed by atoms with Crippen molar-refractivity contribution in [2.24, 2.45) is 0 Å². The number of hydrogen-bond donors (Lipinski definition) is 1. The highest BCUT2D eigenvalue weighted by Crippen LogP contribution is 2.19. The smallest absolute Gasteiger partial charge is 0.251 e. The third kappa shape index (κ3) is 3.35. The minimum atomic E-state index is -0.0660. The van der Waals surface area contributed by atoms with E-state index in [4.69, 9.17) is 0 Å². The predicted molar refractivity (Wildman–Crippen MR) is 85.2 cm³/mol. The zero-order chi connectivity index (χ0) is 14.5. The van der Waals surface area contributed by atoms with Gasteiger partial charge in [-0.25, -0.2) is 4.98 Å². The molecule has 3 aromatic rings. The van der Waals surface area contributed by atoms with Crippen molar-refractivity contribution in [3.8, 4) is 11.3 Å². The molecule has 1 N–H and O–H groups in total. The van der Waals surface area contributed by atoms with Gasteiger partial charge in [-0.3, -0.25) is 4.79 Å². The van der Waals surface area contributed by atoms with Crippen LogP contribution in [0.25, 0.3) is 11.3 Å². The van der Waals surface area contributed by atoms with Gasteiger partial charge in [-0.1, -0.05) is 42.5 Å². The number of benzene rings is 2. The van der Waals surface area contributed by atoms with E-state index in [1.165, 1.54) is 0 Å². The summed E-state index contributed by atoms with van der Waals surface area (Å²) in [7, 11) is 0. The van der Waals surface area contributed by atoms with Gasteiger partial charge in [-0.15, -0.1) is 11.3 Å². The van der Waals surface area contributed by atoms with Gasteiger partial charge in [0, 0.05) is 23.1 Å². The van der Waals surface area contributed by atoms with E-state index in [9.17, 15) is 4.79 Å². The zero-order valence-corrected chi connectivity index (χ0v) is 12.1. The first-order chi connectivity index (χ1) is 10.3. The van der Waals surface area contributed by atoms with E-state index < -0.39 is 0 Å². The highest BCUT2D eigenvalue weighted by Gasteiger charge is 2.06. The van der Waals surface area contributed by atoms with Gasteiger partial charge in [0.05, 0.1) is 11.2 Å². The molecule has 0 saturated heterocycles. The van der Waals surface area contributed by atoms with Crippen LogP contribution >= 0.6 is 11.3 Å². The van der Waals surface area contributed by atoms with E-state index in [0.717, 1.165) is 16.8 Å². The Morgan fingerprint density at radius 1 is 1.05 bits per heavy atom. The molecule has 0 aliphatic carbocycles. The Labute approximate surface area is 127 Å². The summed E-state index contributed by atoms with van der Waals surface area (Å²) < 4.78 is 0. The summed E-state index contributed by atoms with van der Waals surface area (Å²) in [6.07, 6.45) is 0. The van der Waals surface area contributed by atoms with E-state index in [-0.39, 0.29) is 5.91 Å². The standard InChI is InChI=1S/C17H14N2OS/c20-17(18-10-13-4-2-1-3-5-13)15-8-6-14(7-9-15)16-11-21-12-19-16/h1-9,11-12H,10H2,(H,18,20). The summed E-state index contributed by atoms with van der Waals surface area (Å²) in [5, 5.41) is 4.91. The van der Waals surface area contributed by atoms with Crippen molar-refractivity contribution >= 4 is 17.2 Å². The molecule has 21 heavy (non-hydrogen) atoms. The number of carbonyl (C=O) groups excluding carboxylic acids is 1. The van der Waals surface area contributed by atoms with Crippen molar-refractivity contribution in [1.29, 1.82) is 0 Å². The van der Waals surface area contributed by atoms with Gasteiger partial charge < -0.3 is 5.32 Å². The average Bonchev–Trinajstić information content (AvgIpc) is 3.08. The Hall–Kier alpha value is -2.46. The Balaban J connectivity index is 1.65. The number of rotatable bonds is 4. The molecular weight excluding hydrogens is 280 g/mol. The molecule has 4 heteroatoms. The first kappa shape index (κ1) is 13.5. The summed E-state index contributed by atoms with van der Waals surface area (Å²) >= 11 is 1.56. The van der Waals surface area contributed by atoms with Crippen LogP contribution < -0.4 is 5.32 Å². The van der Waals surface area contributed by atoms with Crippen LogP contribution in [-0.2, 0) is 6.54 Å². The molecule has 0 atom stereocenters. The van der Waals surface area contributed by atoms with Crippen LogP contribution in [0.5, 0.6) is 0 Å². The molecule has 0 spiro atoms. The molecule has 2 aromatic carbocycles. The Morgan fingerprint density at radius 2 is 1.81 bits per heavy atom. The fourth-order valence-electron chi connectivity index (χ4n) is 2.03. The van der Waals surface area contributed by atoms with Gasteiger partial charge in [0.2, 0.25) is 0 Å². The second-order valence-corrected chi connectivity index (χ2v) is 5.34. The van der Waals surface area contributed by atoms with Crippen molar-refractivity contribution < 1.29 is 4.79 Å². The molecule has 1 heterocycles. The number of nitrogens with zero attached hydrogens (tertiary/aromatic N) is 1. The number of carbonyl (C=O) groups is 1. The third-order valence-corrected chi connectivity index (χ3v) is 3.76.